The summed E-state index contributed by atoms with van der Waals surface area (Å²) in [4.78, 5) is 11.0. The van der Waals surface area contributed by atoms with E-state index in [4.69, 9.17) is 30.9 Å². The minimum atomic E-state index is -1.08. The van der Waals surface area contributed by atoms with Crippen molar-refractivity contribution < 1.29 is 24.1 Å². The van der Waals surface area contributed by atoms with Gasteiger partial charge in [0.25, 0.3) is 0 Å². The zero-order chi connectivity index (χ0) is 13.1. The average molecular weight is 273 g/mol. The van der Waals surface area contributed by atoms with Crippen molar-refractivity contribution in [2.75, 3.05) is 20.3 Å². The first kappa shape index (κ1) is 13.0. The second-order valence-corrected chi connectivity index (χ2v) is 4.24. The van der Waals surface area contributed by atoms with Crippen LogP contribution in [0.5, 0.6) is 11.5 Å². The Kier molecular flexibility index (Phi) is 3.93. The van der Waals surface area contributed by atoms with Gasteiger partial charge in [0.05, 0.1) is 18.2 Å². The van der Waals surface area contributed by atoms with Crippen molar-refractivity contribution in [2.45, 2.75) is 12.5 Å². The summed E-state index contributed by atoms with van der Waals surface area (Å²) in [6, 6.07) is 3.12. The number of benzene rings is 1. The van der Waals surface area contributed by atoms with Crippen LogP contribution in [0.4, 0.5) is 0 Å². The van der Waals surface area contributed by atoms with E-state index in [0.717, 1.165) is 6.42 Å². The van der Waals surface area contributed by atoms with Gasteiger partial charge in [0.15, 0.2) is 17.6 Å². The van der Waals surface area contributed by atoms with Crippen molar-refractivity contribution in [2.24, 2.45) is 0 Å². The minimum absolute atomic E-state index is 0.327. The molecule has 6 heteroatoms. The highest BCUT2D eigenvalue weighted by Crippen LogP contribution is 2.39. The molecule has 1 aromatic rings. The molecule has 5 nitrogen and oxygen atoms in total. The Morgan fingerprint density at radius 2 is 2.17 bits per heavy atom. The normalized spacial score (nSPS) is 15.9. The molecule has 0 aromatic heterocycles. The monoisotopic (exact) mass is 272 g/mol. The Balaban J connectivity index is 2.42. The van der Waals surface area contributed by atoms with Gasteiger partial charge in [0.1, 0.15) is 0 Å². The van der Waals surface area contributed by atoms with Gasteiger partial charge in [-0.25, -0.2) is 4.79 Å². The zero-order valence-corrected chi connectivity index (χ0v) is 10.6. The number of hydrogen-bond acceptors (Lipinski definition) is 4. The van der Waals surface area contributed by atoms with E-state index in [-0.39, 0.29) is 0 Å². The molecule has 1 aromatic carbocycles. The number of rotatable bonds is 3. The maximum absolute atomic E-state index is 11.0. The molecule has 0 bridgehead atoms. The van der Waals surface area contributed by atoms with Crippen LogP contribution in [0.2, 0.25) is 5.02 Å². The van der Waals surface area contributed by atoms with Crippen LogP contribution in [0, 0.1) is 0 Å². The maximum Gasteiger partial charge on any atom is 0.337 e. The van der Waals surface area contributed by atoms with Crippen LogP contribution in [-0.4, -0.2) is 31.4 Å². The summed E-state index contributed by atoms with van der Waals surface area (Å²) in [6.45, 7) is 1.04. The van der Waals surface area contributed by atoms with E-state index in [1.807, 2.05) is 0 Å². The molecule has 1 heterocycles. The Labute approximate surface area is 109 Å². The highest BCUT2D eigenvalue weighted by molar-refractivity contribution is 6.32. The lowest BCUT2D eigenvalue weighted by Gasteiger charge is -2.15. The van der Waals surface area contributed by atoms with Crippen LogP contribution in [0.25, 0.3) is 0 Å². The fraction of sp³-hybridized carbons (Fsp3) is 0.417. The van der Waals surface area contributed by atoms with E-state index in [2.05, 4.69) is 0 Å². The van der Waals surface area contributed by atoms with Gasteiger partial charge >= 0.3 is 5.97 Å². The van der Waals surface area contributed by atoms with Crippen LogP contribution >= 0.6 is 11.6 Å². The predicted molar refractivity (Wildman–Crippen MR) is 64.4 cm³/mol. The molecule has 1 unspecified atom stereocenters. The number of fused-ring (bicyclic) bond motifs is 1. The molecular formula is C12H13ClO5. The van der Waals surface area contributed by atoms with E-state index in [1.54, 1.807) is 6.07 Å². The van der Waals surface area contributed by atoms with E-state index < -0.39 is 12.1 Å². The van der Waals surface area contributed by atoms with Crippen molar-refractivity contribution in [3.8, 4) is 11.5 Å². The van der Waals surface area contributed by atoms with Crippen molar-refractivity contribution >= 4 is 17.6 Å². The van der Waals surface area contributed by atoms with Crippen LogP contribution in [0.15, 0.2) is 12.1 Å². The predicted octanol–water partition coefficient (Wildman–Crippen LogP) is 2.27. The molecule has 0 aliphatic carbocycles. The van der Waals surface area contributed by atoms with Gasteiger partial charge < -0.3 is 19.3 Å². The third-order valence-electron chi connectivity index (χ3n) is 2.59. The molecule has 0 radical (unpaired) electrons. The highest BCUT2D eigenvalue weighted by atomic mass is 35.5. The maximum atomic E-state index is 11.0. The first-order valence-corrected chi connectivity index (χ1v) is 5.86. The van der Waals surface area contributed by atoms with Crippen LogP contribution < -0.4 is 9.47 Å². The molecular weight excluding hydrogens is 260 g/mol. The number of hydrogen-bond donors (Lipinski definition) is 1. The first-order chi connectivity index (χ1) is 8.63. The van der Waals surface area contributed by atoms with Crippen molar-refractivity contribution in [1.29, 1.82) is 0 Å². The molecule has 0 saturated carbocycles. The second-order valence-electron chi connectivity index (χ2n) is 3.83. The standard InChI is InChI=1S/C12H13ClO5/c1-16-10(12(14)15)7-5-8(13)11-9(6-7)17-3-2-4-18-11/h5-6,10H,2-4H2,1H3,(H,14,15). The lowest BCUT2D eigenvalue weighted by molar-refractivity contribution is -0.148. The Morgan fingerprint density at radius 3 is 2.83 bits per heavy atom. The molecule has 18 heavy (non-hydrogen) atoms. The van der Waals surface area contributed by atoms with Crippen LogP contribution in [0.3, 0.4) is 0 Å². The fourth-order valence-corrected chi connectivity index (χ4v) is 2.06. The Bertz CT molecular complexity index is 460. The molecule has 98 valence electrons. The lowest BCUT2D eigenvalue weighted by atomic mass is 10.1. The fourth-order valence-electron chi connectivity index (χ4n) is 1.78. The van der Waals surface area contributed by atoms with Gasteiger partial charge in [-0.1, -0.05) is 11.6 Å². The number of carbonyl (C=O) groups is 1. The largest absolute Gasteiger partial charge is 0.489 e. The molecule has 1 aliphatic heterocycles. The number of aliphatic carboxylic acids is 1. The summed E-state index contributed by atoms with van der Waals surface area (Å²) in [6.07, 6.45) is -0.313. The smallest absolute Gasteiger partial charge is 0.337 e. The average Bonchev–Trinajstić information content (AvgIpc) is 2.55. The summed E-state index contributed by atoms with van der Waals surface area (Å²) in [5, 5.41) is 9.36. The number of ether oxygens (including phenoxy) is 3. The van der Waals surface area contributed by atoms with Gasteiger partial charge in [0, 0.05) is 13.5 Å². The topological polar surface area (TPSA) is 65.0 Å². The lowest BCUT2D eigenvalue weighted by Crippen LogP contribution is -2.13. The highest BCUT2D eigenvalue weighted by Gasteiger charge is 2.23. The first-order valence-electron chi connectivity index (χ1n) is 5.48. The molecule has 2 rings (SSSR count). The molecule has 0 saturated heterocycles. The molecule has 0 fully saturated rings. The Hall–Kier alpha value is -1.46. The van der Waals surface area contributed by atoms with Gasteiger partial charge in [0.2, 0.25) is 0 Å². The van der Waals surface area contributed by atoms with Crippen molar-refractivity contribution in [3.63, 3.8) is 0 Å². The number of carboxylic acids is 1. The summed E-state index contributed by atoms with van der Waals surface area (Å²) in [5.74, 6) is -0.167. The number of halogens is 1. The van der Waals surface area contributed by atoms with Crippen LogP contribution in [0.1, 0.15) is 18.1 Å². The molecule has 1 aliphatic rings. The summed E-state index contributed by atoms with van der Waals surface area (Å²) in [7, 11) is 1.33. The second kappa shape index (κ2) is 5.46. The number of methoxy groups -OCH3 is 1. The minimum Gasteiger partial charge on any atom is -0.489 e. The summed E-state index contributed by atoms with van der Waals surface area (Å²) < 4.78 is 15.9. The van der Waals surface area contributed by atoms with Crippen molar-refractivity contribution in [3.05, 3.63) is 22.7 Å². The third-order valence-corrected chi connectivity index (χ3v) is 2.87. The van der Waals surface area contributed by atoms with Gasteiger partial charge in [-0.2, -0.15) is 0 Å². The van der Waals surface area contributed by atoms with E-state index >= 15 is 0 Å². The molecule has 1 atom stereocenters. The van der Waals surface area contributed by atoms with Crippen molar-refractivity contribution in [1.82, 2.24) is 0 Å². The quantitative estimate of drug-likeness (QED) is 0.914. The van der Waals surface area contributed by atoms with Crippen LogP contribution in [-0.2, 0) is 9.53 Å². The van der Waals surface area contributed by atoms with E-state index in [0.29, 0.717) is 35.3 Å². The Morgan fingerprint density at radius 1 is 1.44 bits per heavy atom. The van der Waals surface area contributed by atoms with E-state index in [1.165, 1.54) is 13.2 Å². The van der Waals surface area contributed by atoms with E-state index in [9.17, 15) is 4.79 Å². The molecule has 0 spiro atoms. The van der Waals surface area contributed by atoms with Gasteiger partial charge in [-0.15, -0.1) is 0 Å². The third kappa shape index (κ3) is 2.52. The molecule has 1 N–H and O–H groups in total. The SMILES string of the molecule is COC(C(=O)O)c1cc(Cl)c2c(c1)OCCCO2. The summed E-state index contributed by atoms with van der Waals surface area (Å²) >= 11 is 6.07. The number of carboxylic acid groups (broad SMARTS) is 1. The summed E-state index contributed by atoms with van der Waals surface area (Å²) in [5.41, 5.74) is 0.430. The van der Waals surface area contributed by atoms with Gasteiger partial charge in [-0.3, -0.25) is 0 Å². The van der Waals surface area contributed by atoms with Gasteiger partial charge in [-0.05, 0) is 17.7 Å². The molecule has 0 amide bonds. The zero-order valence-electron chi connectivity index (χ0n) is 9.81.